The van der Waals surface area contributed by atoms with Gasteiger partial charge in [-0.2, -0.15) is 5.26 Å². The number of thiophene rings is 1. The van der Waals surface area contributed by atoms with Crippen LogP contribution in [0.1, 0.15) is 59.8 Å². The minimum atomic E-state index is -0.0110. The number of carbonyl (C=O) groups is 1. The van der Waals surface area contributed by atoms with Gasteiger partial charge >= 0.3 is 0 Å². The van der Waals surface area contributed by atoms with Crippen molar-refractivity contribution in [2.24, 2.45) is 0 Å². The van der Waals surface area contributed by atoms with Crippen molar-refractivity contribution in [1.82, 2.24) is 14.4 Å². The summed E-state index contributed by atoms with van der Waals surface area (Å²) in [4.78, 5) is 19.1. The molecule has 2 aromatic heterocycles. The summed E-state index contributed by atoms with van der Waals surface area (Å²) in [6.45, 7) is 9.36. The monoisotopic (exact) mass is 453 g/mol. The highest BCUT2D eigenvalue weighted by Crippen LogP contribution is 2.36. The molecule has 3 heterocycles. The number of anilines is 1. The Morgan fingerprint density at radius 2 is 1.88 bits per heavy atom. The summed E-state index contributed by atoms with van der Waals surface area (Å²) in [6.07, 6.45) is 7.06. The van der Waals surface area contributed by atoms with Gasteiger partial charge in [0, 0.05) is 49.3 Å². The summed E-state index contributed by atoms with van der Waals surface area (Å²) in [5.41, 5.74) is 2.73. The first-order valence-corrected chi connectivity index (χ1v) is 12.8. The molecule has 0 radical (unpaired) electrons. The third kappa shape index (κ3) is 5.25. The summed E-state index contributed by atoms with van der Waals surface area (Å²) < 4.78 is 2.24. The average molecular weight is 454 g/mol. The molecular formula is C25H35N5OS. The van der Waals surface area contributed by atoms with Crippen molar-refractivity contribution in [1.29, 1.82) is 5.26 Å². The van der Waals surface area contributed by atoms with Gasteiger partial charge in [0.15, 0.2) is 0 Å². The van der Waals surface area contributed by atoms with E-state index in [1.807, 2.05) is 18.3 Å². The molecule has 4 rings (SSSR count). The maximum absolute atomic E-state index is 13.0. The molecule has 6 nitrogen and oxygen atoms in total. The van der Waals surface area contributed by atoms with Gasteiger partial charge in [-0.3, -0.25) is 9.69 Å². The lowest BCUT2D eigenvalue weighted by Crippen LogP contribution is -2.49. The summed E-state index contributed by atoms with van der Waals surface area (Å²) in [5, 5.41) is 15.1. The molecule has 2 fully saturated rings. The average Bonchev–Trinajstić information content (AvgIpc) is 3.40. The Bertz CT molecular complexity index is 944. The topological polar surface area (TPSA) is 64.3 Å². The Balaban J connectivity index is 1.34. The van der Waals surface area contributed by atoms with Gasteiger partial charge in [0.2, 0.25) is 5.91 Å². The maximum atomic E-state index is 13.0. The molecule has 1 aliphatic heterocycles. The zero-order valence-corrected chi connectivity index (χ0v) is 20.2. The molecule has 1 N–H and O–H groups in total. The van der Waals surface area contributed by atoms with E-state index in [9.17, 15) is 10.1 Å². The fraction of sp³-hybridized carbons (Fsp3) is 0.600. The minimum absolute atomic E-state index is 0.0110. The molecule has 0 unspecified atom stereocenters. The van der Waals surface area contributed by atoms with Crippen LogP contribution in [0.25, 0.3) is 0 Å². The van der Waals surface area contributed by atoms with E-state index in [0.717, 1.165) is 63.2 Å². The van der Waals surface area contributed by atoms with Gasteiger partial charge in [-0.15, -0.1) is 11.3 Å². The number of aromatic nitrogens is 1. The second-order valence-corrected chi connectivity index (χ2v) is 10.2. The Hall–Kier alpha value is -2.14. The van der Waals surface area contributed by atoms with E-state index in [0.29, 0.717) is 24.0 Å². The van der Waals surface area contributed by atoms with Crippen molar-refractivity contribution in [3.63, 3.8) is 0 Å². The van der Waals surface area contributed by atoms with Crippen molar-refractivity contribution in [2.75, 3.05) is 44.6 Å². The van der Waals surface area contributed by atoms with Crippen LogP contribution >= 0.6 is 11.3 Å². The Labute approximate surface area is 195 Å². The normalized spacial score (nSPS) is 18.5. The predicted molar refractivity (Wildman–Crippen MR) is 130 cm³/mol. The Morgan fingerprint density at radius 3 is 2.53 bits per heavy atom. The van der Waals surface area contributed by atoms with E-state index in [1.165, 1.54) is 24.1 Å². The van der Waals surface area contributed by atoms with Crippen LogP contribution in [-0.4, -0.2) is 59.5 Å². The number of nitrogens with zero attached hydrogens (tertiary/aromatic N) is 4. The number of hydrogen-bond acceptors (Lipinski definition) is 5. The van der Waals surface area contributed by atoms with E-state index in [1.54, 1.807) is 0 Å². The quantitative estimate of drug-likeness (QED) is 0.677. The molecule has 2 aromatic rings. The molecule has 1 amide bonds. The van der Waals surface area contributed by atoms with E-state index >= 15 is 0 Å². The van der Waals surface area contributed by atoms with Gasteiger partial charge in [-0.05, 0) is 50.1 Å². The van der Waals surface area contributed by atoms with Crippen LogP contribution in [0.5, 0.6) is 0 Å². The molecule has 1 aliphatic carbocycles. The van der Waals surface area contributed by atoms with E-state index in [-0.39, 0.29) is 5.91 Å². The van der Waals surface area contributed by atoms with Crippen molar-refractivity contribution < 1.29 is 4.79 Å². The zero-order chi connectivity index (χ0) is 22.5. The first kappa shape index (κ1) is 23.0. The fourth-order valence-corrected chi connectivity index (χ4v) is 5.85. The largest absolute Gasteiger partial charge is 0.327 e. The van der Waals surface area contributed by atoms with Crippen molar-refractivity contribution in [3.8, 4) is 6.07 Å². The number of carbonyl (C=O) groups excluding carboxylic acids is 1. The summed E-state index contributed by atoms with van der Waals surface area (Å²) in [7, 11) is 0. The molecule has 1 saturated carbocycles. The number of piperazine rings is 1. The van der Waals surface area contributed by atoms with Crippen LogP contribution in [0, 0.1) is 25.2 Å². The summed E-state index contributed by atoms with van der Waals surface area (Å²) in [6, 6.07) is 7.05. The van der Waals surface area contributed by atoms with Crippen LogP contribution in [0.4, 0.5) is 5.82 Å². The van der Waals surface area contributed by atoms with Gasteiger partial charge in [0.25, 0.3) is 0 Å². The highest BCUT2D eigenvalue weighted by atomic mass is 32.1. The predicted octanol–water partition coefficient (Wildman–Crippen LogP) is 4.34. The third-order valence-corrected chi connectivity index (χ3v) is 8.09. The molecule has 0 spiro atoms. The van der Waals surface area contributed by atoms with Crippen LogP contribution in [0.15, 0.2) is 17.5 Å². The molecule has 32 heavy (non-hydrogen) atoms. The summed E-state index contributed by atoms with van der Waals surface area (Å²) >= 11 is 1.82. The van der Waals surface area contributed by atoms with Crippen LogP contribution in [0.2, 0.25) is 0 Å². The second-order valence-electron chi connectivity index (χ2n) is 9.20. The number of nitrogens with one attached hydrogen (secondary N) is 1. The Kier molecular flexibility index (Phi) is 7.67. The molecule has 7 heteroatoms. The first-order valence-electron chi connectivity index (χ1n) is 11.9. The molecular weight excluding hydrogens is 418 g/mol. The molecule has 0 bridgehead atoms. The first-order chi connectivity index (χ1) is 15.6. The van der Waals surface area contributed by atoms with Crippen LogP contribution in [0.3, 0.4) is 0 Å². The highest BCUT2D eigenvalue weighted by Gasteiger charge is 2.26. The lowest BCUT2D eigenvalue weighted by Gasteiger charge is -2.34. The van der Waals surface area contributed by atoms with E-state index in [2.05, 4.69) is 50.2 Å². The number of amides is 1. The standard InChI is InChI=1S/C25H35N5OS/c1-19-20(2)30(21-7-4-3-5-8-21)25(23(19)17-26)27-24(31)18-29-14-12-28(13-15-29)11-10-22-9-6-16-32-22/h6,9,16,21H,3-5,7-8,10-15,18H2,1-2H3,(H,27,31). The second kappa shape index (κ2) is 10.7. The van der Waals surface area contributed by atoms with Crippen molar-refractivity contribution in [3.05, 3.63) is 39.2 Å². The SMILES string of the molecule is Cc1c(C#N)c(NC(=O)CN2CCN(CCc3cccs3)CC2)n(C2CCCCC2)c1C. The molecule has 2 aliphatic rings. The number of rotatable bonds is 7. The van der Waals surface area contributed by atoms with Crippen LogP contribution in [-0.2, 0) is 11.2 Å². The Morgan fingerprint density at radius 1 is 1.16 bits per heavy atom. The molecule has 1 saturated heterocycles. The lowest BCUT2D eigenvalue weighted by atomic mass is 9.95. The molecule has 0 atom stereocenters. The maximum Gasteiger partial charge on any atom is 0.239 e. The van der Waals surface area contributed by atoms with Gasteiger partial charge in [0.1, 0.15) is 11.9 Å². The summed E-state index contributed by atoms with van der Waals surface area (Å²) in [5.74, 6) is 0.706. The number of hydrogen-bond donors (Lipinski definition) is 1. The van der Waals surface area contributed by atoms with Crippen molar-refractivity contribution in [2.45, 2.75) is 58.4 Å². The molecule has 0 aromatic carbocycles. The smallest absolute Gasteiger partial charge is 0.239 e. The van der Waals surface area contributed by atoms with E-state index < -0.39 is 0 Å². The van der Waals surface area contributed by atoms with Gasteiger partial charge in [0.05, 0.1) is 12.1 Å². The lowest BCUT2D eigenvalue weighted by molar-refractivity contribution is -0.117. The van der Waals surface area contributed by atoms with Gasteiger partial charge < -0.3 is 14.8 Å². The molecule has 172 valence electrons. The fourth-order valence-electron chi connectivity index (χ4n) is 5.15. The number of nitriles is 1. The van der Waals surface area contributed by atoms with Crippen molar-refractivity contribution >= 4 is 23.1 Å². The zero-order valence-electron chi connectivity index (χ0n) is 19.4. The third-order valence-electron chi connectivity index (χ3n) is 7.15. The minimum Gasteiger partial charge on any atom is -0.327 e. The van der Waals surface area contributed by atoms with E-state index in [4.69, 9.17) is 0 Å². The van der Waals surface area contributed by atoms with Gasteiger partial charge in [-0.1, -0.05) is 25.3 Å². The van der Waals surface area contributed by atoms with Crippen LogP contribution < -0.4 is 5.32 Å². The van der Waals surface area contributed by atoms with Gasteiger partial charge in [-0.25, -0.2) is 0 Å². The highest BCUT2D eigenvalue weighted by molar-refractivity contribution is 7.09.